The predicted octanol–water partition coefficient (Wildman–Crippen LogP) is 1.02. The van der Waals surface area contributed by atoms with Crippen LogP contribution in [0.15, 0.2) is 29.2 Å². The molecule has 6 nitrogen and oxygen atoms in total. The lowest BCUT2D eigenvalue weighted by Gasteiger charge is -2.28. The fourth-order valence-electron chi connectivity index (χ4n) is 2.41. The van der Waals surface area contributed by atoms with E-state index >= 15 is 0 Å². The number of benzene rings is 1. The van der Waals surface area contributed by atoms with Crippen LogP contribution >= 0.6 is 0 Å². The van der Waals surface area contributed by atoms with Crippen LogP contribution in [-0.2, 0) is 19.4 Å². The summed E-state index contributed by atoms with van der Waals surface area (Å²) in [5, 5.41) is 9.18. The largest absolute Gasteiger partial charge is 0.481 e. The lowest BCUT2D eigenvalue weighted by atomic mass is 10.0. The molecular formula is C14H19NO5S. The van der Waals surface area contributed by atoms with Gasteiger partial charge in [-0.1, -0.05) is 6.92 Å². The molecule has 1 heterocycles. The summed E-state index contributed by atoms with van der Waals surface area (Å²) in [6, 6.07) is 6.24. The third-order valence-electron chi connectivity index (χ3n) is 3.85. The molecule has 0 saturated carbocycles. The zero-order valence-corrected chi connectivity index (χ0v) is 12.8. The van der Waals surface area contributed by atoms with Crippen molar-refractivity contribution in [3.05, 3.63) is 24.3 Å². The number of nitrogens with zero attached hydrogens (tertiary/aromatic N) is 1. The molecule has 0 spiro atoms. The topological polar surface area (TPSA) is 83.9 Å². The lowest BCUT2D eigenvalue weighted by molar-refractivity contribution is -0.141. The molecule has 2 rings (SSSR count). The van der Waals surface area contributed by atoms with Gasteiger partial charge in [-0.25, -0.2) is 8.42 Å². The van der Waals surface area contributed by atoms with E-state index in [9.17, 15) is 18.3 Å². The van der Waals surface area contributed by atoms with E-state index in [0.29, 0.717) is 6.61 Å². The Hall–Kier alpha value is -1.60. The third kappa shape index (κ3) is 3.19. The summed E-state index contributed by atoms with van der Waals surface area (Å²) in [6.07, 6.45) is 0. The number of likely N-dealkylation sites (N-methyl/N-ethyl adjacent to an activating group) is 1. The normalized spacial score (nSPS) is 22.2. The van der Waals surface area contributed by atoms with Gasteiger partial charge in [0.1, 0.15) is 5.92 Å². The number of aliphatic carboxylic acids is 1. The van der Waals surface area contributed by atoms with Gasteiger partial charge in [0.15, 0.2) is 9.84 Å². The first-order chi connectivity index (χ1) is 9.86. The standard InChI is InChI=1S/C14H19NO5S/c1-3-21(18,19)11-6-4-10(5-7-11)15(2)13-9-20-8-12(13)14(16)17/h4-7,12-13H,3,8-9H2,1-2H3,(H,16,17). The summed E-state index contributed by atoms with van der Waals surface area (Å²) in [5.41, 5.74) is 0.770. The van der Waals surface area contributed by atoms with Crippen molar-refractivity contribution >= 4 is 21.5 Å². The number of sulfone groups is 1. The molecule has 2 atom stereocenters. The van der Waals surface area contributed by atoms with Gasteiger partial charge in [-0.2, -0.15) is 0 Å². The highest BCUT2D eigenvalue weighted by atomic mass is 32.2. The maximum atomic E-state index is 11.8. The van der Waals surface area contributed by atoms with E-state index in [2.05, 4.69) is 0 Å². The van der Waals surface area contributed by atoms with Crippen LogP contribution in [0.3, 0.4) is 0 Å². The van der Waals surface area contributed by atoms with Crippen LogP contribution in [-0.4, -0.2) is 51.5 Å². The average molecular weight is 313 g/mol. The molecule has 1 aliphatic heterocycles. The number of hydrogen-bond acceptors (Lipinski definition) is 5. The molecule has 0 bridgehead atoms. The second-order valence-electron chi connectivity index (χ2n) is 5.06. The van der Waals surface area contributed by atoms with Crippen LogP contribution in [0.2, 0.25) is 0 Å². The quantitative estimate of drug-likeness (QED) is 0.873. The summed E-state index contributed by atoms with van der Waals surface area (Å²) in [4.78, 5) is 13.3. The Labute approximate surface area is 124 Å². The van der Waals surface area contributed by atoms with E-state index in [4.69, 9.17) is 4.74 Å². The number of carboxylic acid groups (broad SMARTS) is 1. The van der Waals surface area contributed by atoms with Crippen molar-refractivity contribution in [2.75, 3.05) is 30.9 Å². The Morgan fingerprint density at radius 1 is 1.33 bits per heavy atom. The van der Waals surface area contributed by atoms with Crippen molar-refractivity contribution in [3.8, 4) is 0 Å². The monoisotopic (exact) mass is 313 g/mol. The van der Waals surface area contributed by atoms with Gasteiger partial charge in [0, 0.05) is 12.7 Å². The van der Waals surface area contributed by atoms with E-state index in [1.54, 1.807) is 38.2 Å². The van der Waals surface area contributed by atoms with Crippen molar-refractivity contribution in [3.63, 3.8) is 0 Å². The molecule has 7 heteroatoms. The summed E-state index contributed by atoms with van der Waals surface area (Å²) >= 11 is 0. The Morgan fingerprint density at radius 3 is 2.48 bits per heavy atom. The zero-order valence-electron chi connectivity index (χ0n) is 12.0. The van der Waals surface area contributed by atoms with Crippen LogP contribution < -0.4 is 4.90 Å². The summed E-state index contributed by atoms with van der Waals surface area (Å²) in [6.45, 7) is 2.15. The molecule has 116 valence electrons. The average Bonchev–Trinajstić information content (AvgIpc) is 2.96. The molecule has 1 aromatic carbocycles. The van der Waals surface area contributed by atoms with E-state index in [1.165, 1.54) is 0 Å². The zero-order chi connectivity index (χ0) is 15.6. The predicted molar refractivity (Wildman–Crippen MR) is 78.3 cm³/mol. The van der Waals surface area contributed by atoms with Crippen LogP contribution in [0.4, 0.5) is 5.69 Å². The van der Waals surface area contributed by atoms with Crippen molar-refractivity contribution in [1.29, 1.82) is 0 Å². The van der Waals surface area contributed by atoms with Gasteiger partial charge >= 0.3 is 5.97 Å². The summed E-state index contributed by atoms with van der Waals surface area (Å²) in [7, 11) is -1.43. The Morgan fingerprint density at radius 2 is 1.95 bits per heavy atom. The van der Waals surface area contributed by atoms with Gasteiger partial charge in [0.05, 0.1) is 29.9 Å². The van der Waals surface area contributed by atoms with Gasteiger partial charge in [0.2, 0.25) is 0 Å². The molecule has 1 N–H and O–H groups in total. The van der Waals surface area contributed by atoms with Gasteiger partial charge in [-0.15, -0.1) is 0 Å². The van der Waals surface area contributed by atoms with Crippen molar-refractivity contribution in [2.24, 2.45) is 5.92 Å². The van der Waals surface area contributed by atoms with E-state index < -0.39 is 21.7 Å². The molecule has 0 aliphatic carbocycles. The minimum Gasteiger partial charge on any atom is -0.481 e. The first-order valence-electron chi connectivity index (χ1n) is 6.73. The molecule has 0 radical (unpaired) electrons. The fourth-order valence-corrected chi connectivity index (χ4v) is 3.29. The van der Waals surface area contributed by atoms with E-state index in [-0.39, 0.29) is 23.3 Å². The van der Waals surface area contributed by atoms with Gasteiger partial charge in [-0.3, -0.25) is 4.79 Å². The number of hydrogen-bond donors (Lipinski definition) is 1. The number of carboxylic acids is 1. The number of ether oxygens (including phenoxy) is 1. The van der Waals surface area contributed by atoms with Crippen LogP contribution in [0.5, 0.6) is 0 Å². The fraction of sp³-hybridized carbons (Fsp3) is 0.500. The first kappa shape index (κ1) is 15.8. The van der Waals surface area contributed by atoms with Gasteiger partial charge in [-0.05, 0) is 24.3 Å². The Bertz CT molecular complexity index is 611. The Balaban J connectivity index is 2.21. The minimum absolute atomic E-state index is 0.0553. The highest BCUT2D eigenvalue weighted by Crippen LogP contribution is 2.25. The van der Waals surface area contributed by atoms with E-state index in [0.717, 1.165) is 5.69 Å². The van der Waals surface area contributed by atoms with Crippen molar-refractivity contribution in [1.82, 2.24) is 0 Å². The van der Waals surface area contributed by atoms with Crippen LogP contribution in [0, 0.1) is 5.92 Å². The highest BCUT2D eigenvalue weighted by molar-refractivity contribution is 7.91. The molecule has 1 aromatic rings. The summed E-state index contributed by atoms with van der Waals surface area (Å²) in [5.74, 6) is -1.40. The van der Waals surface area contributed by atoms with E-state index in [1.807, 2.05) is 4.90 Å². The SMILES string of the molecule is CCS(=O)(=O)c1ccc(N(C)C2COCC2C(=O)O)cc1. The highest BCUT2D eigenvalue weighted by Gasteiger charge is 2.36. The molecule has 1 aliphatic rings. The van der Waals surface area contributed by atoms with Crippen LogP contribution in [0.25, 0.3) is 0 Å². The first-order valence-corrected chi connectivity index (χ1v) is 8.38. The molecule has 21 heavy (non-hydrogen) atoms. The number of rotatable bonds is 5. The molecular weight excluding hydrogens is 294 g/mol. The third-order valence-corrected chi connectivity index (χ3v) is 5.60. The lowest BCUT2D eigenvalue weighted by Crippen LogP contribution is -2.40. The Kier molecular flexibility index (Phi) is 4.53. The second-order valence-corrected chi connectivity index (χ2v) is 7.34. The van der Waals surface area contributed by atoms with Crippen LogP contribution in [0.1, 0.15) is 6.92 Å². The molecule has 0 aromatic heterocycles. The minimum atomic E-state index is -3.22. The molecule has 0 amide bonds. The number of anilines is 1. The van der Waals surface area contributed by atoms with Crippen molar-refractivity contribution in [2.45, 2.75) is 17.9 Å². The molecule has 2 unspecified atom stereocenters. The number of carbonyl (C=O) groups is 1. The van der Waals surface area contributed by atoms with Gasteiger partial charge in [0.25, 0.3) is 0 Å². The summed E-state index contributed by atoms with van der Waals surface area (Å²) < 4.78 is 28.8. The second kappa shape index (κ2) is 6.03. The maximum absolute atomic E-state index is 11.8. The molecule has 1 saturated heterocycles. The van der Waals surface area contributed by atoms with Gasteiger partial charge < -0.3 is 14.7 Å². The maximum Gasteiger partial charge on any atom is 0.311 e. The molecule has 1 fully saturated rings. The smallest absolute Gasteiger partial charge is 0.311 e. The van der Waals surface area contributed by atoms with Crippen molar-refractivity contribution < 1.29 is 23.1 Å².